The number of hydrogen-bond donors (Lipinski definition) is 2. The molecular weight excluding hydrogens is 362 g/mol. The molecule has 0 saturated heterocycles. The fourth-order valence-electron chi connectivity index (χ4n) is 4.33. The van der Waals surface area contributed by atoms with Crippen molar-refractivity contribution in [3.63, 3.8) is 0 Å². The summed E-state index contributed by atoms with van der Waals surface area (Å²) >= 11 is 0. The Morgan fingerprint density at radius 2 is 2.07 bits per heavy atom. The predicted molar refractivity (Wildman–Crippen MR) is 109 cm³/mol. The van der Waals surface area contributed by atoms with Gasteiger partial charge < -0.3 is 15.6 Å². The minimum Gasteiger partial charge on any atom is -0.330 e. The Balaban J connectivity index is 0.00000210. The predicted octanol–water partition coefficient (Wildman–Crippen LogP) is 3.41. The van der Waals surface area contributed by atoms with Gasteiger partial charge in [0, 0.05) is 30.1 Å². The number of nitrogens with zero attached hydrogens (tertiary/aromatic N) is 3. The number of halogens is 1. The average Bonchev–Trinajstić information content (AvgIpc) is 3.23. The summed E-state index contributed by atoms with van der Waals surface area (Å²) in [5.41, 5.74) is 7.65. The Morgan fingerprint density at radius 3 is 2.93 bits per heavy atom. The van der Waals surface area contributed by atoms with Crippen LogP contribution in [0.5, 0.6) is 0 Å². The van der Waals surface area contributed by atoms with Crippen molar-refractivity contribution in [1.29, 1.82) is 0 Å². The van der Waals surface area contributed by atoms with Gasteiger partial charge in [0.15, 0.2) is 5.82 Å². The van der Waals surface area contributed by atoms with E-state index in [0.717, 1.165) is 61.5 Å². The molecule has 7 heteroatoms. The molecule has 146 valence electrons. The first-order chi connectivity index (χ1) is 12.8. The molecule has 0 unspecified atom stereocenters. The third kappa shape index (κ3) is 4.17. The van der Waals surface area contributed by atoms with Gasteiger partial charge in [-0.25, -0.2) is 0 Å². The van der Waals surface area contributed by atoms with Crippen LogP contribution in [0.15, 0.2) is 24.3 Å². The lowest BCUT2D eigenvalue weighted by Gasteiger charge is -2.17. The van der Waals surface area contributed by atoms with E-state index < -0.39 is 0 Å². The topological polar surface area (TPSA) is 85.8 Å². The minimum absolute atomic E-state index is 0. The number of fused-ring (bicyclic) bond motifs is 1. The van der Waals surface area contributed by atoms with Crippen molar-refractivity contribution in [2.24, 2.45) is 17.6 Å². The fourth-order valence-corrected chi connectivity index (χ4v) is 4.33. The Labute approximate surface area is 166 Å². The standard InChI is InChI=1S/C20H27N5O.ClH/c21-13-15-7-5-9-17(15)20(26)22-16-8-4-6-14(12-16)19-24-23-18-10-2-1-3-11-25(18)19;/h4,6,8,12,15,17H,1-3,5,7,9-11,13,21H2,(H,22,26);1H/t15-,17-;/m1./s1. The lowest BCUT2D eigenvalue weighted by Crippen LogP contribution is -2.29. The highest BCUT2D eigenvalue weighted by molar-refractivity contribution is 5.93. The van der Waals surface area contributed by atoms with Gasteiger partial charge in [-0.05, 0) is 50.3 Å². The summed E-state index contributed by atoms with van der Waals surface area (Å²) in [4.78, 5) is 12.7. The zero-order valence-corrected chi connectivity index (χ0v) is 16.4. The first kappa shape index (κ1) is 19.8. The van der Waals surface area contributed by atoms with Crippen LogP contribution in [0.1, 0.15) is 44.3 Å². The van der Waals surface area contributed by atoms with Crippen molar-refractivity contribution in [2.45, 2.75) is 51.5 Å². The van der Waals surface area contributed by atoms with Gasteiger partial charge in [0.2, 0.25) is 5.91 Å². The van der Waals surface area contributed by atoms with Gasteiger partial charge in [-0.2, -0.15) is 0 Å². The molecule has 0 bridgehead atoms. The molecule has 6 nitrogen and oxygen atoms in total. The molecule has 1 aromatic carbocycles. The molecule has 1 aromatic heterocycles. The molecule has 2 heterocycles. The van der Waals surface area contributed by atoms with Crippen LogP contribution in [0.25, 0.3) is 11.4 Å². The molecule has 2 aliphatic rings. The molecular formula is C20H28ClN5O. The first-order valence-corrected chi connectivity index (χ1v) is 9.79. The zero-order valence-electron chi connectivity index (χ0n) is 15.6. The van der Waals surface area contributed by atoms with Crippen LogP contribution in [0, 0.1) is 11.8 Å². The van der Waals surface area contributed by atoms with Crippen molar-refractivity contribution >= 4 is 24.0 Å². The number of rotatable bonds is 4. The van der Waals surface area contributed by atoms with E-state index in [1.807, 2.05) is 24.3 Å². The second-order valence-corrected chi connectivity index (χ2v) is 7.51. The highest BCUT2D eigenvalue weighted by atomic mass is 35.5. The van der Waals surface area contributed by atoms with Gasteiger partial charge in [0.1, 0.15) is 5.82 Å². The maximum absolute atomic E-state index is 12.7. The van der Waals surface area contributed by atoms with E-state index in [-0.39, 0.29) is 24.2 Å². The summed E-state index contributed by atoms with van der Waals surface area (Å²) in [5.74, 6) is 2.41. The van der Waals surface area contributed by atoms with Crippen molar-refractivity contribution in [3.05, 3.63) is 30.1 Å². The Bertz CT molecular complexity index is 790. The second-order valence-electron chi connectivity index (χ2n) is 7.51. The third-order valence-corrected chi connectivity index (χ3v) is 5.80. The van der Waals surface area contributed by atoms with Crippen molar-refractivity contribution < 1.29 is 4.79 Å². The van der Waals surface area contributed by atoms with Crippen LogP contribution in [0.3, 0.4) is 0 Å². The highest BCUT2D eigenvalue weighted by Gasteiger charge is 2.32. The summed E-state index contributed by atoms with van der Waals surface area (Å²) in [6.45, 7) is 1.55. The maximum Gasteiger partial charge on any atom is 0.227 e. The quantitative estimate of drug-likeness (QED) is 0.838. The van der Waals surface area contributed by atoms with E-state index >= 15 is 0 Å². The second kappa shape index (κ2) is 8.85. The molecule has 1 saturated carbocycles. The molecule has 0 spiro atoms. The highest BCUT2D eigenvalue weighted by Crippen LogP contribution is 2.32. The maximum atomic E-state index is 12.7. The number of nitrogens with one attached hydrogen (secondary N) is 1. The van der Waals surface area contributed by atoms with E-state index in [4.69, 9.17) is 5.73 Å². The molecule has 0 radical (unpaired) electrons. The van der Waals surface area contributed by atoms with Crippen molar-refractivity contribution in [1.82, 2.24) is 14.8 Å². The molecule has 2 atom stereocenters. The number of amides is 1. The van der Waals surface area contributed by atoms with Gasteiger partial charge in [0.25, 0.3) is 0 Å². The monoisotopic (exact) mass is 389 g/mol. The van der Waals surface area contributed by atoms with E-state index in [0.29, 0.717) is 12.5 Å². The van der Waals surface area contributed by atoms with Gasteiger partial charge in [-0.1, -0.05) is 25.0 Å². The molecule has 1 aliphatic heterocycles. The largest absolute Gasteiger partial charge is 0.330 e. The minimum atomic E-state index is 0. The number of anilines is 1. The zero-order chi connectivity index (χ0) is 17.9. The number of carbonyl (C=O) groups excluding carboxylic acids is 1. The number of aromatic nitrogens is 3. The Morgan fingerprint density at radius 1 is 1.19 bits per heavy atom. The summed E-state index contributed by atoms with van der Waals surface area (Å²) in [6.07, 6.45) is 7.65. The Hall–Kier alpha value is -1.92. The molecule has 4 rings (SSSR count). The Kier molecular flexibility index (Phi) is 6.50. The number of hydrogen-bond acceptors (Lipinski definition) is 4. The number of nitrogens with two attached hydrogens (primary N) is 1. The molecule has 27 heavy (non-hydrogen) atoms. The fraction of sp³-hybridized carbons (Fsp3) is 0.550. The van der Waals surface area contributed by atoms with E-state index in [2.05, 4.69) is 20.1 Å². The van der Waals surface area contributed by atoms with Gasteiger partial charge in [-0.15, -0.1) is 22.6 Å². The summed E-state index contributed by atoms with van der Waals surface area (Å²) in [7, 11) is 0. The van der Waals surface area contributed by atoms with Crippen LogP contribution in [0.4, 0.5) is 5.69 Å². The van der Waals surface area contributed by atoms with Crippen LogP contribution >= 0.6 is 12.4 Å². The van der Waals surface area contributed by atoms with Crippen LogP contribution in [-0.2, 0) is 17.8 Å². The average molecular weight is 390 g/mol. The van der Waals surface area contributed by atoms with Crippen LogP contribution < -0.4 is 11.1 Å². The van der Waals surface area contributed by atoms with Crippen LogP contribution in [0.2, 0.25) is 0 Å². The van der Waals surface area contributed by atoms with E-state index in [1.165, 1.54) is 12.8 Å². The summed E-state index contributed by atoms with van der Waals surface area (Å²) in [6, 6.07) is 7.95. The lowest BCUT2D eigenvalue weighted by atomic mass is 9.95. The number of carbonyl (C=O) groups is 1. The molecule has 1 amide bonds. The molecule has 1 fully saturated rings. The number of benzene rings is 1. The SMILES string of the molecule is Cl.NC[C@H]1CCC[C@H]1C(=O)Nc1cccc(-c2nnc3n2CCCCC3)c1. The van der Waals surface area contributed by atoms with Gasteiger partial charge in [-0.3, -0.25) is 4.79 Å². The smallest absolute Gasteiger partial charge is 0.227 e. The lowest BCUT2D eigenvalue weighted by molar-refractivity contribution is -0.120. The van der Waals surface area contributed by atoms with Gasteiger partial charge in [0.05, 0.1) is 0 Å². The van der Waals surface area contributed by atoms with Gasteiger partial charge >= 0.3 is 0 Å². The van der Waals surface area contributed by atoms with Crippen molar-refractivity contribution in [2.75, 3.05) is 11.9 Å². The van der Waals surface area contributed by atoms with Crippen molar-refractivity contribution in [3.8, 4) is 11.4 Å². The molecule has 2 aromatic rings. The number of aryl methyl sites for hydroxylation is 1. The first-order valence-electron chi connectivity index (χ1n) is 9.79. The molecule has 3 N–H and O–H groups in total. The van der Waals surface area contributed by atoms with Crippen LogP contribution in [-0.4, -0.2) is 27.2 Å². The van der Waals surface area contributed by atoms with E-state index in [9.17, 15) is 4.79 Å². The third-order valence-electron chi connectivity index (χ3n) is 5.80. The van der Waals surface area contributed by atoms with E-state index in [1.54, 1.807) is 0 Å². The summed E-state index contributed by atoms with van der Waals surface area (Å²) < 4.78 is 2.23. The summed E-state index contributed by atoms with van der Waals surface area (Å²) in [5, 5.41) is 11.9. The normalized spacial score (nSPS) is 21.8. The molecule has 1 aliphatic carbocycles.